The van der Waals surface area contributed by atoms with Crippen molar-refractivity contribution in [3.8, 4) is 0 Å². The van der Waals surface area contributed by atoms with E-state index in [4.69, 9.17) is 0 Å². The molecule has 53 valence electrons. The maximum Gasteiger partial charge on any atom is 0.0154 e. The third-order valence-corrected chi connectivity index (χ3v) is 1.39. The zero-order valence-corrected chi connectivity index (χ0v) is 6.68. The predicted molar refractivity (Wildman–Crippen MR) is 39.1 cm³/mol. The fourth-order valence-electron chi connectivity index (χ4n) is 0.583. The smallest absolute Gasteiger partial charge is 0.0154 e. The van der Waals surface area contributed by atoms with E-state index >= 15 is 0 Å². The Kier molecular flexibility index (Phi) is 4.97. The summed E-state index contributed by atoms with van der Waals surface area (Å²) >= 11 is 4.11. The van der Waals surface area contributed by atoms with Crippen LogP contribution in [0.25, 0.3) is 0 Å². The zero-order chi connectivity index (χ0) is 5.82. The molecule has 0 aliphatic rings. The molecule has 0 bridgehead atoms. The molecule has 1 rings (SSSR count). The van der Waals surface area contributed by atoms with E-state index in [0.29, 0.717) is 0 Å². The second kappa shape index (κ2) is 4.92. The molecule has 0 spiro atoms. The van der Waals surface area contributed by atoms with Crippen molar-refractivity contribution >= 4 is 12.6 Å². The van der Waals surface area contributed by atoms with E-state index in [0.717, 1.165) is 5.75 Å². The van der Waals surface area contributed by atoms with Gasteiger partial charge in [-0.3, -0.25) is 0 Å². The Bertz CT molecular complexity index is 150. The largest absolute Gasteiger partial charge is 0.175 e. The van der Waals surface area contributed by atoms with Crippen LogP contribution in [0.4, 0.5) is 0 Å². The Morgan fingerprint density at radius 2 is 1.67 bits per heavy atom. The van der Waals surface area contributed by atoms with Crippen molar-refractivity contribution in [1.82, 2.24) is 0 Å². The summed E-state index contributed by atoms with van der Waals surface area (Å²) in [6.45, 7) is 0. The minimum absolute atomic E-state index is 0. The first-order valence-corrected chi connectivity index (χ1v) is 3.21. The predicted octanol–water partition coefficient (Wildman–Crippen LogP) is 2.11. The molecule has 1 aromatic rings. The molecule has 1 aromatic carbocycles. The maximum atomic E-state index is 4.11. The van der Waals surface area contributed by atoms with Crippen LogP contribution in [0.2, 0.25) is 0 Å². The molecule has 0 atom stereocenters. The van der Waals surface area contributed by atoms with Crippen LogP contribution >= 0.6 is 12.6 Å². The van der Waals surface area contributed by atoms with Gasteiger partial charge in [-0.15, -0.1) is 0 Å². The Morgan fingerprint density at radius 1 is 1.11 bits per heavy atom. The van der Waals surface area contributed by atoms with Gasteiger partial charge in [-0.25, -0.2) is 0 Å². The molecule has 0 saturated heterocycles. The molecule has 0 aliphatic heterocycles. The number of rotatable bonds is 1. The summed E-state index contributed by atoms with van der Waals surface area (Å²) in [5, 5.41) is 0. The van der Waals surface area contributed by atoms with E-state index in [1.807, 2.05) is 18.2 Å². The Hall–Kier alpha value is 0.0895. The summed E-state index contributed by atoms with van der Waals surface area (Å²) in [5.41, 5.74) is 1.27. The Labute approximate surface area is 71.5 Å². The second-order valence-electron chi connectivity index (χ2n) is 1.64. The quantitative estimate of drug-likeness (QED) is 0.506. The fraction of sp³-hybridized carbons (Fsp3) is 0.143. The Morgan fingerprint density at radius 3 is 2.00 bits per heavy atom. The fourth-order valence-corrected chi connectivity index (χ4v) is 0.794. The van der Waals surface area contributed by atoms with Gasteiger partial charge in [-0.05, 0) is 5.56 Å². The van der Waals surface area contributed by atoms with Gasteiger partial charge in [0.15, 0.2) is 0 Å². The summed E-state index contributed by atoms with van der Waals surface area (Å²) in [7, 11) is 0. The molecular weight excluding hydrogens is 180 g/mol. The van der Waals surface area contributed by atoms with Gasteiger partial charge in [0, 0.05) is 22.8 Å². The van der Waals surface area contributed by atoms with Gasteiger partial charge in [0.25, 0.3) is 0 Å². The topological polar surface area (TPSA) is 0 Å². The minimum Gasteiger partial charge on any atom is -0.175 e. The number of benzene rings is 1. The van der Waals surface area contributed by atoms with Crippen molar-refractivity contribution in [1.29, 1.82) is 0 Å². The van der Waals surface area contributed by atoms with Crippen LogP contribution in [0.15, 0.2) is 30.3 Å². The standard InChI is InChI=1S/C7H8S.Cu/c8-6-7-4-2-1-3-5-7;/h1-5,8H,6H2;. The normalized spacial score (nSPS) is 8.11. The number of hydrogen-bond acceptors (Lipinski definition) is 1. The van der Waals surface area contributed by atoms with Gasteiger partial charge in [0.1, 0.15) is 0 Å². The van der Waals surface area contributed by atoms with Crippen molar-refractivity contribution in [2.75, 3.05) is 0 Å². The number of thiol groups is 1. The monoisotopic (exact) mass is 187 g/mol. The van der Waals surface area contributed by atoms with Gasteiger partial charge in [-0.1, -0.05) is 30.3 Å². The van der Waals surface area contributed by atoms with Crippen LogP contribution < -0.4 is 0 Å². The van der Waals surface area contributed by atoms with E-state index in [-0.39, 0.29) is 17.1 Å². The molecule has 0 aromatic heterocycles. The van der Waals surface area contributed by atoms with Crippen molar-refractivity contribution < 1.29 is 17.1 Å². The molecule has 0 nitrogen and oxygen atoms in total. The molecule has 0 unspecified atom stereocenters. The van der Waals surface area contributed by atoms with E-state index in [1.54, 1.807) is 0 Å². The maximum absolute atomic E-state index is 4.11. The van der Waals surface area contributed by atoms with Crippen LogP contribution in [-0.2, 0) is 22.8 Å². The van der Waals surface area contributed by atoms with E-state index in [2.05, 4.69) is 24.8 Å². The van der Waals surface area contributed by atoms with Gasteiger partial charge < -0.3 is 0 Å². The molecule has 2 heteroatoms. The molecule has 0 N–H and O–H groups in total. The third kappa shape index (κ3) is 2.95. The molecule has 0 fully saturated rings. The number of hydrogen-bond donors (Lipinski definition) is 1. The van der Waals surface area contributed by atoms with Crippen LogP contribution in [0.1, 0.15) is 5.56 Å². The molecule has 9 heavy (non-hydrogen) atoms. The van der Waals surface area contributed by atoms with Crippen molar-refractivity contribution in [2.45, 2.75) is 5.75 Å². The van der Waals surface area contributed by atoms with Crippen molar-refractivity contribution in [3.05, 3.63) is 35.9 Å². The summed E-state index contributed by atoms with van der Waals surface area (Å²) in [5.74, 6) is 0.834. The SMILES string of the molecule is SCc1ccccc1.[Cu]. The van der Waals surface area contributed by atoms with Gasteiger partial charge >= 0.3 is 0 Å². The van der Waals surface area contributed by atoms with Crippen LogP contribution in [0, 0.1) is 0 Å². The molecule has 0 heterocycles. The zero-order valence-electron chi connectivity index (χ0n) is 4.84. The first-order valence-electron chi connectivity index (χ1n) is 2.58. The summed E-state index contributed by atoms with van der Waals surface area (Å²) in [4.78, 5) is 0. The van der Waals surface area contributed by atoms with Gasteiger partial charge in [0.2, 0.25) is 0 Å². The van der Waals surface area contributed by atoms with E-state index in [9.17, 15) is 0 Å². The minimum atomic E-state index is 0. The molecule has 1 radical (unpaired) electrons. The van der Waals surface area contributed by atoms with E-state index in [1.165, 1.54) is 5.56 Å². The van der Waals surface area contributed by atoms with Gasteiger partial charge in [-0.2, -0.15) is 12.6 Å². The first-order chi connectivity index (χ1) is 3.93. The van der Waals surface area contributed by atoms with Crippen LogP contribution in [0.5, 0.6) is 0 Å². The van der Waals surface area contributed by atoms with Crippen LogP contribution in [-0.4, -0.2) is 0 Å². The average molecular weight is 188 g/mol. The summed E-state index contributed by atoms with van der Waals surface area (Å²) in [6, 6.07) is 10.2. The van der Waals surface area contributed by atoms with Gasteiger partial charge in [0.05, 0.1) is 0 Å². The van der Waals surface area contributed by atoms with Crippen molar-refractivity contribution in [2.24, 2.45) is 0 Å². The summed E-state index contributed by atoms with van der Waals surface area (Å²) in [6.07, 6.45) is 0. The summed E-state index contributed by atoms with van der Waals surface area (Å²) < 4.78 is 0. The molecule has 0 amide bonds. The Balaban J connectivity index is 0.000000640. The van der Waals surface area contributed by atoms with Crippen molar-refractivity contribution in [3.63, 3.8) is 0 Å². The van der Waals surface area contributed by atoms with E-state index < -0.39 is 0 Å². The second-order valence-corrected chi connectivity index (χ2v) is 1.96. The first kappa shape index (κ1) is 9.09. The molecule has 0 aliphatic carbocycles. The van der Waals surface area contributed by atoms with Crippen LogP contribution in [0.3, 0.4) is 0 Å². The third-order valence-electron chi connectivity index (χ3n) is 1.03. The molecular formula is C7H8CuS. The average Bonchev–Trinajstić information content (AvgIpc) is 1.90. The molecule has 0 saturated carbocycles.